The van der Waals surface area contributed by atoms with Crippen molar-refractivity contribution in [1.82, 2.24) is 9.97 Å². The maximum Gasteiger partial charge on any atom is 0.264 e. The molecular formula is C19H26N2O4S2. The first kappa shape index (κ1) is 19.1. The fourth-order valence-electron chi connectivity index (χ4n) is 4.30. The summed E-state index contributed by atoms with van der Waals surface area (Å²) in [5, 5.41) is 1.05. The first-order valence-corrected chi connectivity index (χ1v) is 12.4. The van der Waals surface area contributed by atoms with Gasteiger partial charge in [-0.2, -0.15) is 8.42 Å². The zero-order valence-corrected chi connectivity index (χ0v) is 17.3. The number of rotatable bonds is 6. The van der Waals surface area contributed by atoms with E-state index in [4.69, 9.17) is 8.92 Å². The number of aryl methyl sites for hydroxylation is 1. The maximum atomic E-state index is 11.3. The van der Waals surface area contributed by atoms with Crippen molar-refractivity contribution in [2.24, 2.45) is 0 Å². The zero-order chi connectivity index (χ0) is 18.9. The average molecular weight is 411 g/mol. The van der Waals surface area contributed by atoms with E-state index in [1.807, 2.05) is 0 Å². The first-order chi connectivity index (χ1) is 13.0. The Hall–Kier alpha value is -1.25. The van der Waals surface area contributed by atoms with Gasteiger partial charge >= 0.3 is 0 Å². The molecule has 2 aliphatic rings. The van der Waals surface area contributed by atoms with Crippen LogP contribution >= 0.6 is 11.3 Å². The Balaban J connectivity index is 1.63. The Morgan fingerprint density at radius 3 is 2.74 bits per heavy atom. The van der Waals surface area contributed by atoms with Gasteiger partial charge in [0.15, 0.2) is 0 Å². The molecule has 0 N–H and O–H groups in total. The van der Waals surface area contributed by atoms with Gasteiger partial charge in [-0.05, 0) is 62.8 Å². The van der Waals surface area contributed by atoms with Gasteiger partial charge in [0.1, 0.15) is 17.3 Å². The Labute approximate surface area is 164 Å². The number of thiophene rings is 1. The van der Waals surface area contributed by atoms with Crippen LogP contribution < -0.4 is 4.74 Å². The molecule has 6 nitrogen and oxygen atoms in total. The number of ether oxygens (including phenoxy) is 1. The summed E-state index contributed by atoms with van der Waals surface area (Å²) in [6.07, 6.45) is 12.7. The summed E-state index contributed by atoms with van der Waals surface area (Å²) >= 11 is 1.73. The molecule has 8 heteroatoms. The minimum atomic E-state index is -3.41. The Bertz CT molecular complexity index is 904. The number of nitrogens with zero attached hydrogens (tertiary/aromatic N) is 2. The number of hydrogen-bond donors (Lipinski definition) is 0. The molecule has 2 aromatic rings. The molecule has 0 bridgehead atoms. The van der Waals surface area contributed by atoms with Crippen LogP contribution in [0.5, 0.6) is 5.88 Å². The lowest BCUT2D eigenvalue weighted by molar-refractivity contribution is 0.150. The van der Waals surface area contributed by atoms with Gasteiger partial charge in [0.05, 0.1) is 18.2 Å². The molecule has 1 fully saturated rings. The van der Waals surface area contributed by atoms with Crippen molar-refractivity contribution in [3.05, 3.63) is 16.8 Å². The molecule has 0 saturated heterocycles. The van der Waals surface area contributed by atoms with Crippen molar-refractivity contribution in [1.29, 1.82) is 0 Å². The molecule has 2 aromatic heterocycles. The Morgan fingerprint density at radius 2 is 1.96 bits per heavy atom. The Kier molecular flexibility index (Phi) is 5.66. The third-order valence-corrected chi connectivity index (χ3v) is 7.29. The summed E-state index contributed by atoms with van der Waals surface area (Å²) in [5.74, 6) is 0.976. The van der Waals surface area contributed by atoms with Crippen molar-refractivity contribution < 1.29 is 17.3 Å². The highest BCUT2D eigenvalue weighted by molar-refractivity contribution is 7.85. The van der Waals surface area contributed by atoms with Crippen LogP contribution in [0.2, 0.25) is 0 Å². The topological polar surface area (TPSA) is 78.4 Å². The minimum absolute atomic E-state index is 0.215. The molecule has 1 atom stereocenters. The lowest BCUT2D eigenvalue weighted by atomic mass is 9.84. The standard InChI is InChI=1S/C19H26N2O4S2/c1-27(22,23)24-11-10-13-6-5-9-15-16(13)17-18(20-12-21-19(17)26-15)25-14-7-3-2-4-8-14/h12-14H,2-11H2,1H3/t13-/m1/s1. The van der Waals surface area contributed by atoms with Crippen molar-refractivity contribution >= 4 is 31.7 Å². The van der Waals surface area contributed by atoms with Crippen molar-refractivity contribution in [3.8, 4) is 5.88 Å². The second kappa shape index (κ2) is 8.01. The largest absolute Gasteiger partial charge is 0.474 e. The minimum Gasteiger partial charge on any atom is -0.474 e. The van der Waals surface area contributed by atoms with E-state index in [-0.39, 0.29) is 18.6 Å². The SMILES string of the molecule is CS(=O)(=O)OCC[C@H]1CCCc2sc3ncnc(OC4CCCCC4)c3c21. The highest BCUT2D eigenvalue weighted by Gasteiger charge is 2.29. The molecule has 1 saturated carbocycles. The molecule has 0 amide bonds. The van der Waals surface area contributed by atoms with Gasteiger partial charge in [0, 0.05) is 4.88 Å². The molecule has 0 aromatic carbocycles. The number of fused-ring (bicyclic) bond motifs is 3. The second-order valence-electron chi connectivity index (χ2n) is 7.58. The molecule has 0 radical (unpaired) electrons. The van der Waals surface area contributed by atoms with Gasteiger partial charge in [-0.1, -0.05) is 6.42 Å². The highest BCUT2D eigenvalue weighted by atomic mass is 32.2. The van der Waals surface area contributed by atoms with E-state index in [1.54, 1.807) is 17.7 Å². The predicted molar refractivity (Wildman–Crippen MR) is 106 cm³/mol. The second-order valence-corrected chi connectivity index (χ2v) is 10.3. The van der Waals surface area contributed by atoms with Crippen LogP contribution in [0.4, 0.5) is 0 Å². The van der Waals surface area contributed by atoms with E-state index in [9.17, 15) is 8.42 Å². The van der Waals surface area contributed by atoms with Crippen LogP contribution in [0.15, 0.2) is 6.33 Å². The smallest absolute Gasteiger partial charge is 0.264 e. The van der Waals surface area contributed by atoms with E-state index in [0.29, 0.717) is 12.3 Å². The van der Waals surface area contributed by atoms with Crippen molar-refractivity contribution in [3.63, 3.8) is 0 Å². The molecular weight excluding hydrogens is 384 g/mol. The lowest BCUT2D eigenvalue weighted by Gasteiger charge is -2.25. The number of hydrogen-bond acceptors (Lipinski definition) is 7. The van der Waals surface area contributed by atoms with Crippen LogP contribution in [-0.2, 0) is 20.7 Å². The Morgan fingerprint density at radius 1 is 1.15 bits per heavy atom. The molecule has 148 valence electrons. The summed E-state index contributed by atoms with van der Waals surface area (Å²) in [4.78, 5) is 11.3. The summed E-state index contributed by atoms with van der Waals surface area (Å²) in [6, 6.07) is 0. The summed E-state index contributed by atoms with van der Waals surface area (Å²) in [7, 11) is -3.41. The maximum absolute atomic E-state index is 11.3. The van der Waals surface area contributed by atoms with Crippen LogP contribution in [0.1, 0.15) is 67.7 Å². The fraction of sp³-hybridized carbons (Fsp3) is 0.684. The van der Waals surface area contributed by atoms with E-state index < -0.39 is 10.1 Å². The normalized spacial score (nSPS) is 21.3. The van der Waals surface area contributed by atoms with E-state index in [0.717, 1.165) is 48.6 Å². The third-order valence-electron chi connectivity index (χ3n) is 5.53. The van der Waals surface area contributed by atoms with Gasteiger partial charge in [0.25, 0.3) is 10.1 Å². The molecule has 27 heavy (non-hydrogen) atoms. The van der Waals surface area contributed by atoms with Gasteiger partial charge in [-0.15, -0.1) is 11.3 Å². The highest BCUT2D eigenvalue weighted by Crippen LogP contribution is 2.46. The van der Waals surface area contributed by atoms with Crippen LogP contribution in [0, 0.1) is 0 Å². The molecule has 0 spiro atoms. The van der Waals surface area contributed by atoms with Gasteiger partial charge in [0.2, 0.25) is 5.88 Å². The summed E-state index contributed by atoms with van der Waals surface area (Å²) in [6.45, 7) is 0.215. The molecule has 0 aliphatic heterocycles. The monoisotopic (exact) mass is 410 g/mol. The van der Waals surface area contributed by atoms with Gasteiger partial charge in [-0.3, -0.25) is 4.18 Å². The van der Waals surface area contributed by atoms with E-state index in [1.165, 1.54) is 29.7 Å². The molecule has 2 aliphatic carbocycles. The van der Waals surface area contributed by atoms with E-state index in [2.05, 4.69) is 9.97 Å². The summed E-state index contributed by atoms with van der Waals surface area (Å²) in [5.41, 5.74) is 1.27. The fourth-order valence-corrected chi connectivity index (χ4v) is 5.96. The van der Waals surface area contributed by atoms with Crippen molar-refractivity contribution in [2.75, 3.05) is 12.9 Å². The predicted octanol–water partition coefficient (Wildman–Crippen LogP) is 4.19. The molecule has 4 rings (SSSR count). The van der Waals surface area contributed by atoms with Gasteiger partial charge in [-0.25, -0.2) is 9.97 Å². The lowest BCUT2D eigenvalue weighted by Crippen LogP contribution is -2.20. The van der Waals surface area contributed by atoms with Crippen LogP contribution in [0.3, 0.4) is 0 Å². The third kappa shape index (κ3) is 4.43. The zero-order valence-electron chi connectivity index (χ0n) is 15.6. The summed E-state index contributed by atoms with van der Waals surface area (Å²) < 4.78 is 33.9. The molecule has 0 unspecified atom stereocenters. The quantitative estimate of drug-likeness (QED) is 0.665. The average Bonchev–Trinajstić information content (AvgIpc) is 3.02. The van der Waals surface area contributed by atoms with Crippen molar-refractivity contribution in [2.45, 2.75) is 69.8 Å². The van der Waals surface area contributed by atoms with E-state index >= 15 is 0 Å². The van der Waals surface area contributed by atoms with Crippen LogP contribution in [-0.4, -0.2) is 37.4 Å². The van der Waals surface area contributed by atoms with Crippen LogP contribution in [0.25, 0.3) is 10.2 Å². The van der Waals surface area contributed by atoms with Gasteiger partial charge < -0.3 is 4.74 Å². The number of aromatic nitrogens is 2. The first-order valence-electron chi connectivity index (χ1n) is 9.78. The molecule has 2 heterocycles.